The predicted octanol–water partition coefficient (Wildman–Crippen LogP) is 2.73. The van der Waals surface area contributed by atoms with Crippen molar-refractivity contribution in [3.05, 3.63) is 50.1 Å². The molecule has 1 heterocycles. The van der Waals surface area contributed by atoms with Gasteiger partial charge < -0.3 is 19.6 Å². The van der Waals surface area contributed by atoms with E-state index < -0.39 is 18.1 Å². The van der Waals surface area contributed by atoms with Crippen molar-refractivity contribution in [2.75, 3.05) is 13.2 Å². The molecule has 3 N–H and O–H groups in total. The fourth-order valence-electron chi connectivity index (χ4n) is 2.47. The Hall–Kier alpha value is -3.38. The summed E-state index contributed by atoms with van der Waals surface area (Å²) in [5.74, 6) is 0.122. The Kier molecular flexibility index (Phi) is 5.91. The van der Waals surface area contributed by atoms with E-state index in [-0.39, 0.29) is 21.8 Å². The van der Waals surface area contributed by atoms with Gasteiger partial charge in [-0.3, -0.25) is 9.78 Å². The first-order valence-corrected chi connectivity index (χ1v) is 8.94. The van der Waals surface area contributed by atoms with Crippen LogP contribution in [0, 0.1) is 22.0 Å². The van der Waals surface area contributed by atoms with Gasteiger partial charge in [0.1, 0.15) is 11.6 Å². The topological polar surface area (TPSA) is 128 Å². The van der Waals surface area contributed by atoms with Crippen LogP contribution in [0.5, 0.6) is 11.5 Å². The van der Waals surface area contributed by atoms with Crippen LogP contribution in [0.2, 0.25) is 0 Å². The molecule has 144 valence electrons. The zero-order valence-corrected chi connectivity index (χ0v) is 15.5. The standard InChI is InChI=1S/C19H17N3O5S/c20-8-13-14(21-19(28)22-18(13)25)7-6-12-2-1-3-15(26-9-11-4-5-11)17(12)27-10-16(23)24/h1-3,6-7,11H,4-5,9-10H2,(H,23,24)(H2,21,22,25,28)/b7-6+. The number of hydrogen-bond acceptors (Lipinski definition) is 6. The number of aliphatic carboxylic acids is 1. The molecule has 1 aliphatic rings. The smallest absolute Gasteiger partial charge is 0.341 e. The highest BCUT2D eigenvalue weighted by atomic mass is 32.1. The third kappa shape index (κ3) is 4.86. The van der Waals surface area contributed by atoms with Crippen molar-refractivity contribution in [1.29, 1.82) is 5.26 Å². The van der Waals surface area contributed by atoms with Crippen LogP contribution < -0.4 is 15.0 Å². The van der Waals surface area contributed by atoms with E-state index in [1.165, 1.54) is 6.08 Å². The Balaban J connectivity index is 1.96. The minimum atomic E-state index is -1.11. The van der Waals surface area contributed by atoms with E-state index >= 15 is 0 Å². The van der Waals surface area contributed by atoms with Gasteiger partial charge in [0.2, 0.25) is 0 Å². The number of para-hydroxylation sites is 1. The Morgan fingerprint density at radius 1 is 1.32 bits per heavy atom. The number of ether oxygens (including phenoxy) is 2. The summed E-state index contributed by atoms with van der Waals surface area (Å²) in [6.45, 7) is 0.0118. The Morgan fingerprint density at radius 3 is 2.79 bits per heavy atom. The van der Waals surface area contributed by atoms with Crippen LogP contribution >= 0.6 is 12.2 Å². The van der Waals surface area contributed by atoms with Crippen LogP contribution in [0.1, 0.15) is 29.7 Å². The summed E-state index contributed by atoms with van der Waals surface area (Å²) in [6, 6.07) is 7.00. The predicted molar refractivity (Wildman–Crippen MR) is 104 cm³/mol. The first kappa shape index (κ1) is 19.4. The quantitative estimate of drug-likeness (QED) is 0.582. The van der Waals surface area contributed by atoms with Crippen LogP contribution in [0.3, 0.4) is 0 Å². The summed E-state index contributed by atoms with van der Waals surface area (Å²) in [6.07, 6.45) is 5.34. The van der Waals surface area contributed by atoms with Crippen molar-refractivity contribution in [3.8, 4) is 17.6 Å². The average molecular weight is 399 g/mol. The number of carboxylic acid groups (broad SMARTS) is 1. The van der Waals surface area contributed by atoms with E-state index in [1.807, 2.05) is 6.07 Å². The number of hydrogen-bond donors (Lipinski definition) is 3. The van der Waals surface area contributed by atoms with Crippen molar-refractivity contribution in [3.63, 3.8) is 0 Å². The molecule has 0 radical (unpaired) electrons. The van der Waals surface area contributed by atoms with Crippen LogP contribution in [-0.4, -0.2) is 34.3 Å². The minimum absolute atomic E-state index is 0.0903. The molecule has 2 aromatic rings. The van der Waals surface area contributed by atoms with Gasteiger partial charge in [-0.25, -0.2) is 4.79 Å². The molecule has 0 saturated heterocycles. The molecule has 1 aromatic heterocycles. The second kappa shape index (κ2) is 8.54. The molecule has 3 rings (SSSR count). The fraction of sp³-hybridized carbons (Fsp3) is 0.263. The van der Waals surface area contributed by atoms with Crippen molar-refractivity contribution >= 4 is 30.3 Å². The zero-order valence-electron chi connectivity index (χ0n) is 14.7. The Morgan fingerprint density at radius 2 is 2.11 bits per heavy atom. The molecule has 1 saturated carbocycles. The number of nitrogens with one attached hydrogen (secondary N) is 2. The van der Waals surface area contributed by atoms with E-state index in [0.29, 0.717) is 23.8 Å². The number of aromatic amines is 2. The van der Waals surface area contributed by atoms with Gasteiger partial charge in [0, 0.05) is 5.56 Å². The third-order valence-corrected chi connectivity index (χ3v) is 4.24. The number of rotatable bonds is 8. The largest absolute Gasteiger partial charge is 0.489 e. The first-order chi connectivity index (χ1) is 13.5. The molecule has 0 aliphatic heterocycles. The Bertz CT molecular complexity index is 1080. The summed E-state index contributed by atoms with van der Waals surface area (Å²) in [4.78, 5) is 27.9. The molecule has 8 nitrogen and oxygen atoms in total. The normalized spacial score (nSPS) is 13.2. The van der Waals surface area contributed by atoms with E-state index in [0.717, 1.165) is 12.8 Å². The molecule has 0 spiro atoms. The maximum absolute atomic E-state index is 11.8. The fourth-order valence-corrected chi connectivity index (χ4v) is 2.67. The molecular weight excluding hydrogens is 382 g/mol. The highest BCUT2D eigenvalue weighted by molar-refractivity contribution is 7.71. The number of carbonyl (C=O) groups is 1. The molecule has 1 aliphatic carbocycles. The lowest BCUT2D eigenvalue weighted by Crippen LogP contribution is -2.13. The van der Waals surface area contributed by atoms with Gasteiger partial charge >= 0.3 is 5.97 Å². The number of nitrogens with zero attached hydrogens (tertiary/aromatic N) is 1. The van der Waals surface area contributed by atoms with E-state index in [4.69, 9.17) is 26.8 Å². The second-order valence-corrected chi connectivity index (χ2v) is 6.66. The van der Waals surface area contributed by atoms with Crippen molar-refractivity contribution < 1.29 is 19.4 Å². The lowest BCUT2D eigenvalue weighted by atomic mass is 10.1. The molecule has 1 fully saturated rings. The summed E-state index contributed by atoms with van der Waals surface area (Å²) in [5.41, 5.74) is 0.0801. The van der Waals surface area contributed by atoms with Crippen LogP contribution in [0.4, 0.5) is 0 Å². The van der Waals surface area contributed by atoms with Gasteiger partial charge in [-0.05, 0) is 49.2 Å². The molecule has 0 amide bonds. The van der Waals surface area contributed by atoms with Gasteiger partial charge in [-0.1, -0.05) is 12.1 Å². The van der Waals surface area contributed by atoms with Crippen LogP contribution in [0.15, 0.2) is 23.0 Å². The summed E-state index contributed by atoms with van der Waals surface area (Å²) < 4.78 is 11.3. The van der Waals surface area contributed by atoms with Gasteiger partial charge in [0.25, 0.3) is 5.56 Å². The summed E-state index contributed by atoms with van der Waals surface area (Å²) in [7, 11) is 0. The van der Waals surface area contributed by atoms with Crippen molar-refractivity contribution in [2.45, 2.75) is 12.8 Å². The maximum atomic E-state index is 11.8. The van der Waals surface area contributed by atoms with Gasteiger partial charge in [-0.15, -0.1) is 0 Å². The highest BCUT2D eigenvalue weighted by Crippen LogP contribution is 2.35. The van der Waals surface area contributed by atoms with Gasteiger partial charge in [0.15, 0.2) is 22.9 Å². The number of H-pyrrole nitrogens is 2. The molecule has 0 bridgehead atoms. The number of aromatic nitrogens is 2. The van der Waals surface area contributed by atoms with Crippen molar-refractivity contribution in [2.24, 2.45) is 5.92 Å². The van der Waals surface area contributed by atoms with Gasteiger partial charge in [0.05, 0.1) is 12.3 Å². The molecule has 28 heavy (non-hydrogen) atoms. The Labute approximate surface area is 165 Å². The molecule has 9 heteroatoms. The van der Waals surface area contributed by atoms with Gasteiger partial charge in [-0.2, -0.15) is 5.26 Å². The first-order valence-electron chi connectivity index (χ1n) is 8.53. The second-order valence-electron chi connectivity index (χ2n) is 6.25. The van der Waals surface area contributed by atoms with E-state index in [9.17, 15) is 14.9 Å². The lowest BCUT2D eigenvalue weighted by molar-refractivity contribution is -0.139. The molecule has 0 atom stereocenters. The van der Waals surface area contributed by atoms with E-state index in [2.05, 4.69) is 9.97 Å². The minimum Gasteiger partial charge on any atom is -0.489 e. The molecule has 1 aromatic carbocycles. The van der Waals surface area contributed by atoms with Crippen LogP contribution in [0.25, 0.3) is 12.2 Å². The van der Waals surface area contributed by atoms with Crippen molar-refractivity contribution in [1.82, 2.24) is 9.97 Å². The summed E-state index contributed by atoms with van der Waals surface area (Å²) in [5, 5.41) is 18.1. The third-order valence-electron chi connectivity index (χ3n) is 4.03. The SMILES string of the molecule is N#Cc1c(/C=C/c2cccc(OCC3CC3)c2OCC(=O)O)[nH]c(=S)[nH]c1=O. The molecular formula is C19H17N3O5S. The number of benzene rings is 1. The highest BCUT2D eigenvalue weighted by Gasteiger charge is 2.23. The maximum Gasteiger partial charge on any atom is 0.341 e. The molecule has 0 unspecified atom stereocenters. The number of nitriles is 1. The average Bonchev–Trinajstić information content (AvgIpc) is 3.47. The monoisotopic (exact) mass is 399 g/mol. The zero-order chi connectivity index (χ0) is 20.1. The lowest BCUT2D eigenvalue weighted by Gasteiger charge is -2.14. The number of carboxylic acids is 1. The van der Waals surface area contributed by atoms with Crippen LogP contribution in [-0.2, 0) is 4.79 Å². The summed E-state index contributed by atoms with van der Waals surface area (Å²) >= 11 is 4.94. The van der Waals surface area contributed by atoms with E-state index in [1.54, 1.807) is 24.3 Å².